The number of carboxylic acid groups (broad SMARTS) is 3. The monoisotopic (exact) mass is 993 g/mol. The number of hydrogen-bond donors (Lipinski definition) is 17. The minimum absolute atomic E-state index is 0.0290. The van der Waals surface area contributed by atoms with Crippen LogP contribution in [0, 0.1) is 11.8 Å². The molecule has 0 fully saturated rings. The highest BCUT2D eigenvalue weighted by molar-refractivity contribution is 5.98. The topological polar surface area (TPSA) is 505 Å². The van der Waals surface area contributed by atoms with Gasteiger partial charge in [-0.15, -0.1) is 0 Å². The van der Waals surface area contributed by atoms with Gasteiger partial charge < -0.3 is 83.2 Å². The highest BCUT2D eigenvalue weighted by Crippen LogP contribution is 2.22. The van der Waals surface area contributed by atoms with Crippen LogP contribution < -0.4 is 32.6 Å². The number of benzene rings is 1. The molecule has 3 rings (SSSR count). The number of nitrogen functional groups attached to an aromatic ring is 1. The van der Waals surface area contributed by atoms with Gasteiger partial charge in [0, 0.05) is 36.6 Å². The van der Waals surface area contributed by atoms with Crippen molar-refractivity contribution >= 4 is 70.0 Å². The summed E-state index contributed by atoms with van der Waals surface area (Å²) in [5.74, 6) is -15.3. The first-order valence-corrected chi connectivity index (χ1v) is 21.1. The van der Waals surface area contributed by atoms with E-state index < -0.39 is 171 Å². The fourth-order valence-electron chi connectivity index (χ4n) is 6.74. The predicted molar refractivity (Wildman–Crippen MR) is 235 cm³/mol. The van der Waals surface area contributed by atoms with Crippen LogP contribution in [0.4, 0.5) is 11.6 Å². The van der Waals surface area contributed by atoms with Crippen molar-refractivity contribution in [3.05, 3.63) is 52.1 Å². The fraction of sp³-hybridized carbons (Fsp3) is 0.512. The van der Waals surface area contributed by atoms with E-state index in [-0.39, 0.29) is 29.2 Å². The molecule has 1 aromatic carbocycles. The number of aliphatic hydroxyl groups is 8. The maximum absolute atomic E-state index is 13.7. The molecule has 18 N–H and O–H groups in total. The Labute approximate surface area is 394 Å². The second kappa shape index (κ2) is 26.6. The molecular formula is C41H55N9O20. The largest absolute Gasteiger partial charge is 0.481 e. The molecular weight excluding hydrogens is 938 g/mol. The SMILES string of the molecule is C[C@H](CC(=O)O)NC(=O)[C@@H](CC(=O)[C@H](CC(=O)O)NC(=O)[C@@H](CC(=O)CC[C@H](NC(=O)c1ccc(NCc2cnc3nc(N)[nH]c(=O)c3n2)cc1)C(=O)O)[C@@H](O)[C@H](O)[C@H](O)CO)[C@@H](O)[C@H](O)[C@H](O)CO. The van der Waals surface area contributed by atoms with Gasteiger partial charge in [-0.1, -0.05) is 0 Å². The number of fused-ring (bicyclic) bond motifs is 1. The van der Waals surface area contributed by atoms with Crippen LogP contribution in [-0.2, 0) is 40.1 Å². The highest BCUT2D eigenvalue weighted by Gasteiger charge is 2.42. The van der Waals surface area contributed by atoms with Gasteiger partial charge in [0.2, 0.25) is 17.8 Å². The van der Waals surface area contributed by atoms with Gasteiger partial charge in [-0.25, -0.2) is 14.8 Å². The molecule has 3 aromatic rings. The van der Waals surface area contributed by atoms with E-state index in [4.69, 9.17) is 10.8 Å². The summed E-state index contributed by atoms with van der Waals surface area (Å²) >= 11 is 0. The maximum atomic E-state index is 13.7. The van der Waals surface area contributed by atoms with Crippen LogP contribution in [0.2, 0.25) is 0 Å². The molecule has 2 aromatic heterocycles. The van der Waals surface area contributed by atoms with Gasteiger partial charge in [0.1, 0.15) is 36.2 Å². The number of nitrogens with two attached hydrogens (primary N) is 1. The second-order valence-electron chi connectivity index (χ2n) is 16.1. The lowest BCUT2D eigenvalue weighted by molar-refractivity contribution is -0.148. The maximum Gasteiger partial charge on any atom is 0.326 e. The van der Waals surface area contributed by atoms with Crippen molar-refractivity contribution in [2.75, 3.05) is 24.3 Å². The number of aliphatic carboxylic acids is 3. The number of nitrogens with one attached hydrogen (secondary N) is 5. The molecule has 0 bridgehead atoms. The number of hydrogen-bond acceptors (Lipinski definition) is 22. The van der Waals surface area contributed by atoms with Gasteiger partial charge in [-0.05, 0) is 37.6 Å². The van der Waals surface area contributed by atoms with Crippen molar-refractivity contribution in [3.8, 4) is 0 Å². The van der Waals surface area contributed by atoms with Crippen LogP contribution in [-0.4, -0.2) is 191 Å². The highest BCUT2D eigenvalue weighted by atomic mass is 16.4. The average Bonchev–Trinajstić information content (AvgIpc) is 3.30. The molecule has 0 saturated heterocycles. The molecule has 384 valence electrons. The first-order valence-electron chi connectivity index (χ1n) is 21.1. The third-order valence-corrected chi connectivity index (χ3v) is 10.6. The minimum atomic E-state index is -2.45. The lowest BCUT2D eigenvalue weighted by atomic mass is 9.86. The first kappa shape index (κ1) is 57.2. The molecule has 0 radical (unpaired) electrons. The quantitative estimate of drug-likeness (QED) is 0.0296. The van der Waals surface area contributed by atoms with Crippen molar-refractivity contribution in [3.63, 3.8) is 0 Å². The van der Waals surface area contributed by atoms with Gasteiger partial charge in [0.25, 0.3) is 11.5 Å². The smallest absolute Gasteiger partial charge is 0.326 e. The molecule has 0 aliphatic heterocycles. The Hall–Kier alpha value is -7.12. The Morgan fingerprint density at radius 1 is 0.700 bits per heavy atom. The Kier molecular flexibility index (Phi) is 21.7. The molecule has 0 spiro atoms. The molecule has 11 atom stereocenters. The van der Waals surface area contributed by atoms with Crippen LogP contribution in [0.5, 0.6) is 0 Å². The number of nitrogens with zero attached hydrogens (tertiary/aromatic N) is 3. The number of Topliss-reactive ketones (excluding diaryl/α,β-unsaturated/α-hetero) is 2. The summed E-state index contributed by atoms with van der Waals surface area (Å²) in [5.41, 5.74) is 5.68. The summed E-state index contributed by atoms with van der Waals surface area (Å²) in [6.45, 7) is -1.05. The van der Waals surface area contributed by atoms with Gasteiger partial charge >= 0.3 is 17.9 Å². The van der Waals surface area contributed by atoms with E-state index in [1.807, 2.05) is 5.32 Å². The van der Waals surface area contributed by atoms with Crippen molar-refractivity contribution in [2.45, 2.75) is 107 Å². The third kappa shape index (κ3) is 16.8. The van der Waals surface area contributed by atoms with Crippen molar-refractivity contribution in [1.29, 1.82) is 0 Å². The van der Waals surface area contributed by atoms with Gasteiger partial charge in [0.15, 0.2) is 16.9 Å². The molecule has 3 amide bonds. The Morgan fingerprint density at radius 2 is 1.26 bits per heavy atom. The second-order valence-corrected chi connectivity index (χ2v) is 16.1. The Morgan fingerprint density at radius 3 is 1.80 bits per heavy atom. The zero-order valence-electron chi connectivity index (χ0n) is 37.1. The van der Waals surface area contributed by atoms with E-state index in [0.29, 0.717) is 11.4 Å². The molecule has 29 nitrogen and oxygen atoms in total. The number of rotatable bonds is 30. The van der Waals surface area contributed by atoms with Crippen LogP contribution in [0.25, 0.3) is 11.2 Å². The molecule has 2 heterocycles. The van der Waals surface area contributed by atoms with E-state index >= 15 is 0 Å². The molecule has 0 aliphatic carbocycles. The molecule has 70 heavy (non-hydrogen) atoms. The van der Waals surface area contributed by atoms with Crippen molar-refractivity contribution in [1.82, 2.24) is 35.9 Å². The summed E-state index contributed by atoms with van der Waals surface area (Å²) in [6.07, 6.45) is -18.0. The number of carbonyl (C=O) groups excluding carboxylic acids is 5. The normalized spacial score (nSPS) is 16.1. The van der Waals surface area contributed by atoms with Crippen molar-refractivity contribution in [2.24, 2.45) is 11.8 Å². The average molecular weight is 994 g/mol. The first-order chi connectivity index (χ1) is 32.9. The number of aromatic amines is 1. The van der Waals surface area contributed by atoms with Gasteiger partial charge in [-0.2, -0.15) is 4.98 Å². The number of ketones is 2. The molecule has 0 unspecified atom stereocenters. The fourth-order valence-corrected chi connectivity index (χ4v) is 6.74. The number of H-pyrrole nitrogens is 1. The van der Waals surface area contributed by atoms with Crippen LogP contribution in [0.1, 0.15) is 61.5 Å². The number of carboxylic acids is 3. The number of carbonyl (C=O) groups is 8. The lowest BCUT2D eigenvalue weighted by Gasteiger charge is -2.31. The van der Waals surface area contributed by atoms with E-state index in [2.05, 4.69) is 35.9 Å². The summed E-state index contributed by atoms with van der Waals surface area (Å²) < 4.78 is 0. The van der Waals surface area contributed by atoms with Crippen LogP contribution >= 0.6 is 0 Å². The van der Waals surface area contributed by atoms with E-state index in [9.17, 15) is 94.2 Å². The Balaban J connectivity index is 1.76. The number of anilines is 2. The zero-order valence-corrected chi connectivity index (χ0v) is 37.1. The van der Waals surface area contributed by atoms with Crippen LogP contribution in [0.15, 0.2) is 35.3 Å². The standard InChI is InChI=1S/C41H55N9O20/c1-16(8-28(57)58)45-37(66)22(32(62)34(64)27(56)15-52)10-25(54)24(11-29(59)60)48-38(67)21(31(61)33(63)26(55)14-51)9-20(53)6-7-23(40(69)70)47-36(65)17-2-4-18(5-3-17)43-12-19-13-44-35-30(46-19)39(68)50-41(42)49-35/h2-5,13,16,21-24,26-27,31-34,43,51-52,55-56,61-64H,6-12,14-15H2,1H3,(H,45,66)(H,47,65)(H,48,67)(H,57,58)(H,59,60)(H,69,70)(H3,42,44,49,50,68)/t16-,21+,22+,23+,24+,26-,27-,31-,32-,33-,34-/m1/s1. The lowest BCUT2D eigenvalue weighted by Crippen LogP contribution is -2.54. The van der Waals surface area contributed by atoms with E-state index in [1.54, 1.807) is 0 Å². The minimum Gasteiger partial charge on any atom is -0.481 e. The molecule has 0 saturated carbocycles. The zero-order chi connectivity index (χ0) is 52.6. The molecule has 0 aliphatic rings. The Bertz CT molecular complexity index is 2400. The van der Waals surface area contributed by atoms with Crippen molar-refractivity contribution < 1.29 is 94.5 Å². The summed E-state index contributed by atoms with van der Waals surface area (Å²) in [5, 5.41) is 119. The predicted octanol–water partition coefficient (Wildman–Crippen LogP) is -5.89. The number of aliphatic hydroxyl groups excluding tert-OH is 8. The van der Waals surface area contributed by atoms with Gasteiger partial charge in [0.05, 0.1) is 74.6 Å². The van der Waals surface area contributed by atoms with Crippen LogP contribution in [0.3, 0.4) is 0 Å². The molecule has 29 heteroatoms. The number of amides is 3. The summed E-state index contributed by atoms with van der Waals surface area (Å²) in [7, 11) is 0. The van der Waals surface area contributed by atoms with Gasteiger partial charge in [-0.3, -0.25) is 43.3 Å². The third-order valence-electron chi connectivity index (χ3n) is 10.6. The van der Waals surface area contributed by atoms with E-state index in [0.717, 1.165) is 0 Å². The summed E-state index contributed by atoms with van der Waals surface area (Å²) in [4.78, 5) is 129. The number of aromatic nitrogens is 4. The van der Waals surface area contributed by atoms with E-state index in [1.165, 1.54) is 37.4 Å². The summed E-state index contributed by atoms with van der Waals surface area (Å²) in [6, 6.07) is 0.497.